The topological polar surface area (TPSA) is 134 Å². The molecule has 35 heavy (non-hydrogen) atoms. The number of benzene rings is 1. The highest BCUT2D eigenvalue weighted by molar-refractivity contribution is 5.98. The molecule has 0 aliphatic heterocycles. The van der Waals surface area contributed by atoms with Gasteiger partial charge in [-0.15, -0.1) is 0 Å². The number of H-pyrrole nitrogens is 1. The van der Waals surface area contributed by atoms with E-state index in [1.807, 2.05) is 33.2 Å². The fraction of sp³-hybridized carbons (Fsp3) is 0.304. The van der Waals surface area contributed by atoms with Gasteiger partial charge >= 0.3 is 0 Å². The van der Waals surface area contributed by atoms with Crippen LogP contribution in [0.2, 0.25) is 0 Å². The van der Waals surface area contributed by atoms with Crippen LogP contribution in [0.4, 0.5) is 23.3 Å². The highest BCUT2D eigenvalue weighted by atomic mass is 16.2. The summed E-state index contributed by atoms with van der Waals surface area (Å²) < 4.78 is 3.33. The van der Waals surface area contributed by atoms with Crippen LogP contribution >= 0.6 is 0 Å². The summed E-state index contributed by atoms with van der Waals surface area (Å²) in [5.41, 5.74) is 3.63. The van der Waals surface area contributed by atoms with E-state index in [2.05, 4.69) is 41.0 Å². The maximum atomic E-state index is 12.4. The number of aryl methyl sites for hydroxylation is 2. The summed E-state index contributed by atoms with van der Waals surface area (Å²) in [6.07, 6.45) is 7.46. The number of carbonyl (C=O) groups excluding carboxylic acids is 1. The number of aromatic nitrogens is 8. The first-order chi connectivity index (χ1) is 17.0. The third kappa shape index (κ3) is 3.92. The zero-order chi connectivity index (χ0) is 24.1. The molecule has 0 unspecified atom stereocenters. The number of carbonyl (C=O) groups is 1. The SMILES string of the molecule is Cc1ccc2[nH]ncc2c1Nc1nn(C)c2nc(Nc3ccn(CC(=O)N(C)C4CC4)n3)ncc12. The van der Waals surface area contributed by atoms with Crippen LogP contribution in [-0.4, -0.2) is 63.6 Å². The molecule has 1 amide bonds. The highest BCUT2D eigenvalue weighted by Gasteiger charge is 2.29. The fourth-order valence-corrected chi connectivity index (χ4v) is 4.15. The van der Waals surface area contributed by atoms with E-state index >= 15 is 0 Å². The third-order valence-corrected chi connectivity index (χ3v) is 6.32. The second-order valence-corrected chi connectivity index (χ2v) is 8.88. The zero-order valence-electron chi connectivity index (χ0n) is 19.6. The lowest BCUT2D eigenvalue weighted by Crippen LogP contribution is -2.32. The van der Waals surface area contributed by atoms with Crippen LogP contribution in [0.5, 0.6) is 0 Å². The van der Waals surface area contributed by atoms with Crippen molar-refractivity contribution in [3.8, 4) is 0 Å². The predicted molar refractivity (Wildman–Crippen MR) is 132 cm³/mol. The smallest absolute Gasteiger partial charge is 0.244 e. The van der Waals surface area contributed by atoms with Gasteiger partial charge in [0.25, 0.3) is 0 Å². The van der Waals surface area contributed by atoms with Crippen molar-refractivity contribution in [1.29, 1.82) is 0 Å². The molecule has 1 aliphatic carbocycles. The van der Waals surface area contributed by atoms with Crippen LogP contribution in [0, 0.1) is 6.92 Å². The third-order valence-electron chi connectivity index (χ3n) is 6.32. The average molecular weight is 472 g/mol. The molecule has 1 saturated carbocycles. The number of hydrogen-bond donors (Lipinski definition) is 3. The minimum Gasteiger partial charge on any atom is -0.341 e. The van der Waals surface area contributed by atoms with E-state index in [1.165, 1.54) is 0 Å². The van der Waals surface area contributed by atoms with Crippen molar-refractivity contribution in [2.24, 2.45) is 7.05 Å². The Morgan fingerprint density at radius 1 is 1.17 bits per heavy atom. The lowest BCUT2D eigenvalue weighted by atomic mass is 10.1. The minimum atomic E-state index is 0.0519. The molecule has 5 aromatic rings. The van der Waals surface area contributed by atoms with Gasteiger partial charge in [0.2, 0.25) is 11.9 Å². The number of rotatable bonds is 7. The van der Waals surface area contributed by atoms with Gasteiger partial charge in [0.1, 0.15) is 6.54 Å². The normalized spacial score (nSPS) is 13.5. The quantitative estimate of drug-likeness (QED) is 0.330. The summed E-state index contributed by atoms with van der Waals surface area (Å²) in [7, 11) is 3.69. The average Bonchev–Trinajstić information content (AvgIpc) is 3.29. The summed E-state index contributed by atoms with van der Waals surface area (Å²) in [6, 6.07) is 6.21. The van der Waals surface area contributed by atoms with Crippen molar-refractivity contribution >= 4 is 51.1 Å². The first-order valence-electron chi connectivity index (χ1n) is 11.4. The number of hydrogen-bond acceptors (Lipinski definition) is 8. The zero-order valence-corrected chi connectivity index (χ0v) is 19.6. The second kappa shape index (κ2) is 8.08. The molecule has 12 heteroatoms. The molecule has 1 fully saturated rings. The molecule has 0 atom stereocenters. The molecule has 4 aromatic heterocycles. The molecule has 0 spiro atoms. The van der Waals surface area contributed by atoms with Gasteiger partial charge in [0.05, 0.1) is 22.8 Å². The number of aromatic amines is 1. The summed E-state index contributed by atoms with van der Waals surface area (Å²) in [5.74, 6) is 1.67. The molecule has 4 heterocycles. The first-order valence-corrected chi connectivity index (χ1v) is 11.4. The molecule has 3 N–H and O–H groups in total. The van der Waals surface area contributed by atoms with E-state index in [1.54, 1.807) is 38.9 Å². The Hall–Kier alpha value is -4.48. The Kier molecular flexibility index (Phi) is 4.87. The maximum absolute atomic E-state index is 12.4. The summed E-state index contributed by atoms with van der Waals surface area (Å²) in [4.78, 5) is 23.3. The van der Waals surface area contributed by atoms with E-state index in [0.29, 0.717) is 29.3 Å². The number of likely N-dealkylation sites (N-methyl/N-ethyl adjacent to an activating group) is 1. The van der Waals surface area contributed by atoms with Crippen LogP contribution in [-0.2, 0) is 18.4 Å². The van der Waals surface area contributed by atoms with Gasteiger partial charge in [-0.1, -0.05) is 6.07 Å². The Bertz CT molecular complexity index is 1560. The first kappa shape index (κ1) is 21.1. The molecule has 178 valence electrons. The molecule has 0 bridgehead atoms. The number of amides is 1. The largest absolute Gasteiger partial charge is 0.341 e. The van der Waals surface area contributed by atoms with Gasteiger partial charge in [0.15, 0.2) is 17.3 Å². The second-order valence-electron chi connectivity index (χ2n) is 8.88. The Balaban J connectivity index is 1.22. The molecular formula is C23H25N11O. The van der Waals surface area contributed by atoms with Crippen molar-refractivity contribution in [2.75, 3.05) is 17.7 Å². The van der Waals surface area contributed by atoms with Crippen molar-refractivity contribution in [2.45, 2.75) is 32.4 Å². The van der Waals surface area contributed by atoms with Crippen molar-refractivity contribution in [1.82, 2.24) is 44.6 Å². The molecule has 12 nitrogen and oxygen atoms in total. The van der Waals surface area contributed by atoms with Crippen molar-refractivity contribution < 1.29 is 4.79 Å². The maximum Gasteiger partial charge on any atom is 0.244 e. The Morgan fingerprint density at radius 2 is 2.03 bits per heavy atom. The molecule has 1 aliphatic rings. The van der Waals surface area contributed by atoms with E-state index in [0.717, 1.165) is 40.4 Å². The number of nitrogens with one attached hydrogen (secondary N) is 3. The molecular weight excluding hydrogens is 446 g/mol. The standard InChI is InChI=1S/C23H25N11O/c1-13-4-7-17-15(11-25-29-17)20(13)27-21-16-10-24-23(28-22(16)33(3)31-21)26-18-8-9-34(30-18)12-19(35)32(2)14-5-6-14/h4,7-11,14H,5-6,12H2,1-3H3,(H,25,29)(H,27,31)(H,24,26,28,30). The number of anilines is 4. The summed E-state index contributed by atoms with van der Waals surface area (Å²) in [6.45, 7) is 2.24. The fourth-order valence-electron chi connectivity index (χ4n) is 4.15. The summed E-state index contributed by atoms with van der Waals surface area (Å²) in [5, 5.41) is 24.5. The molecule has 1 aromatic carbocycles. The van der Waals surface area contributed by atoms with Gasteiger partial charge in [0, 0.05) is 44.0 Å². The van der Waals surface area contributed by atoms with Crippen LogP contribution in [0.1, 0.15) is 18.4 Å². The van der Waals surface area contributed by atoms with E-state index in [4.69, 9.17) is 0 Å². The van der Waals surface area contributed by atoms with Gasteiger partial charge in [-0.2, -0.15) is 20.3 Å². The number of nitrogens with zero attached hydrogens (tertiary/aromatic N) is 8. The van der Waals surface area contributed by atoms with Crippen LogP contribution in [0.25, 0.3) is 21.9 Å². The van der Waals surface area contributed by atoms with Gasteiger partial charge in [-0.05, 0) is 31.4 Å². The Labute approximate surface area is 200 Å². The van der Waals surface area contributed by atoms with Gasteiger partial charge in [-0.3, -0.25) is 14.6 Å². The monoisotopic (exact) mass is 471 g/mol. The van der Waals surface area contributed by atoms with Gasteiger partial charge < -0.3 is 15.5 Å². The lowest BCUT2D eigenvalue weighted by molar-refractivity contribution is -0.131. The van der Waals surface area contributed by atoms with Gasteiger partial charge in [-0.25, -0.2) is 9.67 Å². The number of fused-ring (bicyclic) bond motifs is 2. The molecule has 0 saturated heterocycles. The minimum absolute atomic E-state index is 0.0519. The van der Waals surface area contributed by atoms with Crippen molar-refractivity contribution in [3.63, 3.8) is 0 Å². The molecule has 0 radical (unpaired) electrons. The Morgan fingerprint density at radius 3 is 2.86 bits per heavy atom. The molecule has 6 rings (SSSR count). The van der Waals surface area contributed by atoms with E-state index in [9.17, 15) is 4.79 Å². The van der Waals surface area contributed by atoms with E-state index in [-0.39, 0.29) is 12.5 Å². The summed E-state index contributed by atoms with van der Waals surface area (Å²) >= 11 is 0. The van der Waals surface area contributed by atoms with Crippen LogP contribution < -0.4 is 10.6 Å². The lowest BCUT2D eigenvalue weighted by Gasteiger charge is -2.15. The highest BCUT2D eigenvalue weighted by Crippen LogP contribution is 2.31. The predicted octanol–water partition coefficient (Wildman–Crippen LogP) is 2.85. The van der Waals surface area contributed by atoms with Crippen LogP contribution in [0.15, 0.2) is 36.8 Å². The van der Waals surface area contributed by atoms with Crippen LogP contribution in [0.3, 0.4) is 0 Å². The van der Waals surface area contributed by atoms with Crippen molar-refractivity contribution in [3.05, 3.63) is 42.4 Å². The van der Waals surface area contributed by atoms with E-state index < -0.39 is 0 Å².